The lowest BCUT2D eigenvalue weighted by Gasteiger charge is -2.14. The topological polar surface area (TPSA) is 32.3 Å². The fourth-order valence-corrected chi connectivity index (χ4v) is 2.42. The predicted octanol–water partition coefficient (Wildman–Crippen LogP) is 4.50. The van der Waals surface area contributed by atoms with Gasteiger partial charge in [0.05, 0.1) is 11.8 Å². The number of hydrogen-bond acceptors (Lipinski definition) is 2. The molecule has 0 fully saturated rings. The molecule has 0 aromatic heterocycles. The van der Waals surface area contributed by atoms with Gasteiger partial charge < -0.3 is 10.4 Å². The predicted molar refractivity (Wildman–Crippen MR) is 81.7 cm³/mol. The van der Waals surface area contributed by atoms with Crippen molar-refractivity contribution < 1.29 is 9.50 Å². The van der Waals surface area contributed by atoms with Crippen LogP contribution in [0.1, 0.15) is 11.7 Å². The average molecular weight is 389 g/mol. The number of anilines is 1. The van der Waals surface area contributed by atoms with Crippen LogP contribution in [0, 0.1) is 5.82 Å². The highest BCUT2D eigenvalue weighted by molar-refractivity contribution is 9.10. The lowest BCUT2D eigenvalue weighted by Crippen LogP contribution is -2.12. The van der Waals surface area contributed by atoms with Gasteiger partial charge in [-0.2, -0.15) is 0 Å². The highest BCUT2D eigenvalue weighted by atomic mass is 79.9. The first kappa shape index (κ1) is 14.5. The van der Waals surface area contributed by atoms with E-state index in [9.17, 15) is 9.50 Å². The van der Waals surface area contributed by atoms with Crippen molar-refractivity contribution in [2.24, 2.45) is 0 Å². The summed E-state index contributed by atoms with van der Waals surface area (Å²) in [4.78, 5) is 0. The first-order valence-electron chi connectivity index (χ1n) is 5.69. The summed E-state index contributed by atoms with van der Waals surface area (Å²) in [7, 11) is 0. The lowest BCUT2D eigenvalue weighted by atomic mass is 10.1. The van der Waals surface area contributed by atoms with E-state index >= 15 is 0 Å². The second-order valence-electron chi connectivity index (χ2n) is 4.08. The summed E-state index contributed by atoms with van der Waals surface area (Å²) in [6.07, 6.45) is -0.694. The number of halogens is 3. The Morgan fingerprint density at radius 2 is 1.84 bits per heavy atom. The molecular weight excluding hydrogens is 377 g/mol. The quantitative estimate of drug-likeness (QED) is 0.808. The SMILES string of the molecule is OC(CNc1ccc(Br)cc1F)c1cccc(Br)c1. The number of hydrogen-bond donors (Lipinski definition) is 2. The Morgan fingerprint density at radius 3 is 2.53 bits per heavy atom. The third-order valence-electron chi connectivity index (χ3n) is 2.65. The van der Waals surface area contributed by atoms with Crippen LogP contribution in [0.2, 0.25) is 0 Å². The highest BCUT2D eigenvalue weighted by Gasteiger charge is 2.09. The molecule has 0 saturated heterocycles. The van der Waals surface area contributed by atoms with Crippen molar-refractivity contribution in [3.8, 4) is 0 Å². The van der Waals surface area contributed by atoms with Crippen molar-refractivity contribution >= 4 is 37.5 Å². The van der Waals surface area contributed by atoms with Gasteiger partial charge in [-0.25, -0.2) is 4.39 Å². The van der Waals surface area contributed by atoms with Crippen molar-refractivity contribution in [1.29, 1.82) is 0 Å². The molecule has 0 aliphatic carbocycles. The highest BCUT2D eigenvalue weighted by Crippen LogP contribution is 2.22. The van der Waals surface area contributed by atoms with E-state index in [1.54, 1.807) is 12.1 Å². The zero-order chi connectivity index (χ0) is 13.8. The molecule has 1 unspecified atom stereocenters. The molecule has 2 aromatic rings. The molecule has 0 radical (unpaired) electrons. The Bertz CT molecular complexity index is 577. The number of rotatable bonds is 4. The summed E-state index contributed by atoms with van der Waals surface area (Å²) in [5.74, 6) is -0.351. The molecule has 1 atom stereocenters. The van der Waals surface area contributed by atoms with Gasteiger partial charge in [0.25, 0.3) is 0 Å². The van der Waals surface area contributed by atoms with E-state index in [4.69, 9.17) is 0 Å². The van der Waals surface area contributed by atoms with Crippen LogP contribution >= 0.6 is 31.9 Å². The minimum absolute atomic E-state index is 0.245. The first-order chi connectivity index (χ1) is 9.06. The number of benzene rings is 2. The second kappa shape index (κ2) is 6.50. The monoisotopic (exact) mass is 387 g/mol. The molecule has 2 rings (SSSR count). The summed E-state index contributed by atoms with van der Waals surface area (Å²) in [6, 6.07) is 12.2. The van der Waals surface area contributed by atoms with Gasteiger partial charge in [0.2, 0.25) is 0 Å². The van der Waals surface area contributed by atoms with Gasteiger partial charge in [0, 0.05) is 15.5 Å². The molecule has 0 aliphatic rings. The maximum Gasteiger partial charge on any atom is 0.147 e. The third kappa shape index (κ3) is 4.03. The zero-order valence-electron chi connectivity index (χ0n) is 9.91. The van der Waals surface area contributed by atoms with Crippen molar-refractivity contribution in [3.63, 3.8) is 0 Å². The number of aliphatic hydroxyl groups excluding tert-OH is 1. The summed E-state index contributed by atoms with van der Waals surface area (Å²) >= 11 is 6.55. The van der Waals surface area contributed by atoms with Crippen LogP contribution in [0.25, 0.3) is 0 Å². The lowest BCUT2D eigenvalue weighted by molar-refractivity contribution is 0.191. The molecule has 5 heteroatoms. The molecule has 0 amide bonds. The molecule has 0 aliphatic heterocycles. The summed E-state index contributed by atoms with van der Waals surface area (Å²) in [5.41, 5.74) is 1.15. The van der Waals surface area contributed by atoms with Crippen LogP contribution in [0.5, 0.6) is 0 Å². The van der Waals surface area contributed by atoms with Crippen molar-refractivity contribution in [2.45, 2.75) is 6.10 Å². The molecular formula is C14H12Br2FNO. The zero-order valence-corrected chi connectivity index (χ0v) is 13.1. The van der Waals surface area contributed by atoms with E-state index < -0.39 is 6.10 Å². The van der Waals surface area contributed by atoms with Crippen molar-refractivity contribution in [3.05, 3.63) is 62.8 Å². The van der Waals surface area contributed by atoms with Gasteiger partial charge in [-0.1, -0.05) is 44.0 Å². The maximum atomic E-state index is 13.6. The Balaban J connectivity index is 2.02. The van der Waals surface area contributed by atoms with Crippen LogP contribution in [0.3, 0.4) is 0 Å². The van der Waals surface area contributed by atoms with E-state index in [2.05, 4.69) is 37.2 Å². The van der Waals surface area contributed by atoms with Crippen LogP contribution in [0.15, 0.2) is 51.4 Å². The molecule has 2 N–H and O–H groups in total. The third-order valence-corrected chi connectivity index (χ3v) is 3.64. The molecule has 0 spiro atoms. The van der Waals surface area contributed by atoms with Gasteiger partial charge in [0.1, 0.15) is 5.82 Å². The van der Waals surface area contributed by atoms with Gasteiger partial charge >= 0.3 is 0 Å². The van der Waals surface area contributed by atoms with Gasteiger partial charge in [-0.3, -0.25) is 0 Å². The Labute approximate surface area is 127 Å². The van der Waals surface area contributed by atoms with E-state index in [1.165, 1.54) is 6.07 Å². The first-order valence-corrected chi connectivity index (χ1v) is 7.27. The molecule has 2 nitrogen and oxygen atoms in total. The van der Waals surface area contributed by atoms with Crippen molar-refractivity contribution in [2.75, 3.05) is 11.9 Å². The van der Waals surface area contributed by atoms with E-state index in [0.29, 0.717) is 10.2 Å². The molecule has 0 heterocycles. The molecule has 19 heavy (non-hydrogen) atoms. The van der Waals surface area contributed by atoms with Gasteiger partial charge in [-0.15, -0.1) is 0 Å². The molecule has 0 saturated carbocycles. The summed E-state index contributed by atoms with van der Waals surface area (Å²) in [6.45, 7) is 0.245. The minimum atomic E-state index is -0.694. The minimum Gasteiger partial charge on any atom is -0.387 e. The summed E-state index contributed by atoms with van der Waals surface area (Å²) < 4.78 is 15.2. The van der Waals surface area contributed by atoms with E-state index in [1.807, 2.05) is 24.3 Å². The number of aliphatic hydroxyl groups is 1. The second-order valence-corrected chi connectivity index (χ2v) is 5.91. The van der Waals surface area contributed by atoms with E-state index in [-0.39, 0.29) is 12.4 Å². The summed E-state index contributed by atoms with van der Waals surface area (Å²) in [5, 5.41) is 12.9. The van der Waals surface area contributed by atoms with E-state index in [0.717, 1.165) is 10.0 Å². The standard InChI is InChI=1S/C14H12Br2FNO/c15-10-3-1-2-9(6-10)14(19)8-18-13-5-4-11(16)7-12(13)17/h1-7,14,18-19H,8H2. The Kier molecular flexibility index (Phi) is 4.96. The van der Waals surface area contributed by atoms with Gasteiger partial charge in [0.15, 0.2) is 0 Å². The van der Waals surface area contributed by atoms with Crippen LogP contribution < -0.4 is 5.32 Å². The van der Waals surface area contributed by atoms with Crippen LogP contribution in [0.4, 0.5) is 10.1 Å². The average Bonchev–Trinajstić information content (AvgIpc) is 2.37. The van der Waals surface area contributed by atoms with Crippen LogP contribution in [-0.4, -0.2) is 11.7 Å². The fourth-order valence-electron chi connectivity index (χ4n) is 1.67. The largest absolute Gasteiger partial charge is 0.387 e. The smallest absolute Gasteiger partial charge is 0.147 e. The maximum absolute atomic E-state index is 13.6. The molecule has 2 aromatic carbocycles. The normalized spacial score (nSPS) is 12.2. The molecule has 0 bridgehead atoms. The van der Waals surface area contributed by atoms with Gasteiger partial charge in [-0.05, 0) is 35.9 Å². The Morgan fingerprint density at radius 1 is 1.11 bits per heavy atom. The number of nitrogens with one attached hydrogen (secondary N) is 1. The van der Waals surface area contributed by atoms with Crippen molar-refractivity contribution in [1.82, 2.24) is 0 Å². The van der Waals surface area contributed by atoms with Crippen LogP contribution in [-0.2, 0) is 0 Å². The fraction of sp³-hybridized carbons (Fsp3) is 0.143. The molecule has 100 valence electrons. The Hall–Kier alpha value is -0.910.